The summed E-state index contributed by atoms with van der Waals surface area (Å²) in [5.74, 6) is -0.526. The van der Waals surface area contributed by atoms with Gasteiger partial charge in [0.2, 0.25) is 5.91 Å². The highest BCUT2D eigenvalue weighted by atomic mass is 16.5. The van der Waals surface area contributed by atoms with Crippen molar-refractivity contribution >= 4 is 23.2 Å². The first kappa shape index (κ1) is 20.7. The third-order valence-electron chi connectivity index (χ3n) is 5.02. The van der Waals surface area contributed by atoms with Crippen LogP contribution in [0.1, 0.15) is 49.0 Å². The molecule has 0 spiro atoms. The quantitative estimate of drug-likeness (QED) is 0.555. The van der Waals surface area contributed by atoms with Gasteiger partial charge in [-0.3, -0.25) is 9.59 Å². The van der Waals surface area contributed by atoms with Crippen molar-refractivity contribution in [3.8, 4) is 0 Å². The fraction of sp³-hybridized carbons (Fsp3) is 0.348. The molecule has 1 aliphatic carbocycles. The maximum absolute atomic E-state index is 12.4. The number of methoxy groups -OCH3 is 1. The van der Waals surface area contributed by atoms with Gasteiger partial charge in [0, 0.05) is 18.5 Å². The first-order chi connectivity index (χ1) is 14.1. The molecule has 0 saturated heterocycles. The van der Waals surface area contributed by atoms with Crippen molar-refractivity contribution < 1.29 is 14.3 Å². The molecule has 0 heterocycles. The number of nitrogens with one attached hydrogen (secondary N) is 2. The van der Waals surface area contributed by atoms with Crippen molar-refractivity contribution in [1.29, 1.82) is 0 Å². The summed E-state index contributed by atoms with van der Waals surface area (Å²) in [6.07, 6.45) is 3.75. The van der Waals surface area contributed by atoms with Gasteiger partial charge in [0.15, 0.2) is 6.10 Å². The first-order valence-corrected chi connectivity index (χ1v) is 9.90. The number of rotatable bonds is 7. The second kappa shape index (κ2) is 9.98. The minimum Gasteiger partial charge on any atom is -0.367 e. The predicted octanol–water partition coefficient (Wildman–Crippen LogP) is 3.77. The molecule has 0 fully saturated rings. The van der Waals surface area contributed by atoms with Crippen LogP contribution >= 0.6 is 0 Å². The lowest BCUT2D eigenvalue weighted by Gasteiger charge is -2.19. The highest BCUT2D eigenvalue weighted by Crippen LogP contribution is 2.27. The third-order valence-corrected chi connectivity index (χ3v) is 5.02. The lowest BCUT2D eigenvalue weighted by Crippen LogP contribution is -2.28. The van der Waals surface area contributed by atoms with E-state index in [0.29, 0.717) is 5.71 Å². The molecule has 0 radical (unpaired) electrons. The number of aryl methyl sites for hydroxylation is 1. The molecule has 2 N–H and O–H groups in total. The summed E-state index contributed by atoms with van der Waals surface area (Å²) in [5, 5.41) is 7.06. The number of carbonyl (C=O) groups is 2. The van der Waals surface area contributed by atoms with Crippen LogP contribution in [0.2, 0.25) is 0 Å². The molecule has 0 aromatic heterocycles. The van der Waals surface area contributed by atoms with E-state index in [-0.39, 0.29) is 18.2 Å². The number of benzene rings is 2. The van der Waals surface area contributed by atoms with Crippen LogP contribution in [0.4, 0.5) is 5.69 Å². The first-order valence-electron chi connectivity index (χ1n) is 9.90. The maximum Gasteiger partial charge on any atom is 0.273 e. The molecular formula is C23H27N3O3. The summed E-state index contributed by atoms with van der Waals surface area (Å²) in [7, 11) is 1.47. The zero-order valence-corrected chi connectivity index (χ0v) is 16.9. The molecule has 0 saturated carbocycles. The molecule has 1 unspecified atom stereocenters. The summed E-state index contributed by atoms with van der Waals surface area (Å²) in [6.45, 7) is 1.71. The van der Waals surface area contributed by atoms with Crippen LogP contribution in [0.5, 0.6) is 0 Å². The lowest BCUT2D eigenvalue weighted by molar-refractivity contribution is -0.131. The van der Waals surface area contributed by atoms with E-state index in [1.54, 1.807) is 6.92 Å². The van der Waals surface area contributed by atoms with Crippen molar-refractivity contribution in [2.75, 3.05) is 12.4 Å². The fourth-order valence-corrected chi connectivity index (χ4v) is 3.60. The van der Waals surface area contributed by atoms with Gasteiger partial charge in [-0.25, -0.2) is 5.43 Å². The highest BCUT2D eigenvalue weighted by Gasteiger charge is 2.19. The molecule has 3 rings (SSSR count). The van der Waals surface area contributed by atoms with Gasteiger partial charge in [0.1, 0.15) is 0 Å². The van der Waals surface area contributed by atoms with E-state index >= 15 is 0 Å². The number of hydrogen-bond acceptors (Lipinski definition) is 4. The summed E-state index contributed by atoms with van der Waals surface area (Å²) in [5.41, 5.74) is 7.19. The van der Waals surface area contributed by atoms with E-state index in [1.165, 1.54) is 24.7 Å². The van der Waals surface area contributed by atoms with E-state index in [1.807, 2.05) is 42.5 Å². The summed E-state index contributed by atoms with van der Waals surface area (Å²) < 4.78 is 5.28. The molecule has 29 heavy (non-hydrogen) atoms. The van der Waals surface area contributed by atoms with E-state index < -0.39 is 6.10 Å². The zero-order valence-electron chi connectivity index (χ0n) is 16.9. The molecular weight excluding hydrogens is 366 g/mol. The Morgan fingerprint density at radius 3 is 2.59 bits per heavy atom. The molecule has 0 bridgehead atoms. The van der Waals surface area contributed by atoms with Crippen LogP contribution < -0.4 is 10.7 Å². The van der Waals surface area contributed by atoms with Crippen LogP contribution in [0.3, 0.4) is 0 Å². The highest BCUT2D eigenvalue weighted by molar-refractivity contribution is 6.06. The molecule has 2 amide bonds. The Balaban J connectivity index is 1.57. The number of fused-ring (bicyclic) bond motifs is 1. The van der Waals surface area contributed by atoms with E-state index in [4.69, 9.17) is 4.74 Å². The molecule has 2 aromatic carbocycles. The summed E-state index contributed by atoms with van der Waals surface area (Å²) >= 11 is 0. The number of hydrazone groups is 1. The van der Waals surface area contributed by atoms with Gasteiger partial charge in [-0.2, -0.15) is 5.10 Å². The summed E-state index contributed by atoms with van der Waals surface area (Å²) in [6, 6.07) is 15.3. The molecule has 2 aromatic rings. The SMILES string of the molecule is COC(C(=O)N/N=C(\C)CC(=O)Nc1cccc2c1CCCC2)c1ccccc1. The van der Waals surface area contributed by atoms with Crippen molar-refractivity contribution in [3.63, 3.8) is 0 Å². The average Bonchev–Trinajstić information content (AvgIpc) is 2.74. The number of carbonyl (C=O) groups excluding carboxylic acids is 2. The zero-order chi connectivity index (χ0) is 20.6. The van der Waals surface area contributed by atoms with Crippen molar-refractivity contribution in [2.24, 2.45) is 5.10 Å². The second-order valence-electron chi connectivity index (χ2n) is 7.22. The van der Waals surface area contributed by atoms with Gasteiger partial charge < -0.3 is 10.1 Å². The van der Waals surface area contributed by atoms with Crippen molar-refractivity contribution in [1.82, 2.24) is 5.43 Å². The van der Waals surface area contributed by atoms with Crippen LogP contribution in [-0.4, -0.2) is 24.6 Å². The van der Waals surface area contributed by atoms with Crippen LogP contribution in [0.15, 0.2) is 53.6 Å². The normalized spacial score (nSPS) is 14.6. The number of anilines is 1. The number of nitrogens with zero attached hydrogens (tertiary/aromatic N) is 1. The van der Waals surface area contributed by atoms with Gasteiger partial charge in [0.25, 0.3) is 5.91 Å². The van der Waals surface area contributed by atoms with Gasteiger partial charge in [-0.15, -0.1) is 0 Å². The largest absolute Gasteiger partial charge is 0.367 e. The Morgan fingerprint density at radius 2 is 1.83 bits per heavy atom. The average molecular weight is 393 g/mol. The third kappa shape index (κ3) is 5.51. The van der Waals surface area contributed by atoms with Crippen LogP contribution in [0, 0.1) is 0 Å². The minimum atomic E-state index is -0.752. The number of ether oxygens (including phenoxy) is 1. The minimum absolute atomic E-state index is 0.104. The van der Waals surface area contributed by atoms with E-state index in [9.17, 15) is 9.59 Å². The van der Waals surface area contributed by atoms with Gasteiger partial charge in [-0.1, -0.05) is 42.5 Å². The topological polar surface area (TPSA) is 79.8 Å². The van der Waals surface area contributed by atoms with Gasteiger partial charge >= 0.3 is 0 Å². The molecule has 1 atom stereocenters. The number of hydrogen-bond donors (Lipinski definition) is 2. The standard InChI is InChI=1S/C23H27N3O3/c1-16(25-26-23(28)22(29-2)18-10-4-3-5-11-18)15-21(27)24-20-14-8-12-17-9-6-7-13-19(17)20/h3-5,8,10-12,14,22H,6-7,9,13,15H2,1-2H3,(H,24,27)(H,26,28)/b25-16+. The Hall–Kier alpha value is -2.99. The van der Waals surface area contributed by atoms with Crippen molar-refractivity contribution in [2.45, 2.75) is 45.1 Å². The van der Waals surface area contributed by atoms with Crippen LogP contribution in [0.25, 0.3) is 0 Å². The number of amides is 2. The Kier molecular flexibility index (Phi) is 7.14. The Labute approximate surface area is 171 Å². The second-order valence-corrected chi connectivity index (χ2v) is 7.22. The Morgan fingerprint density at radius 1 is 1.07 bits per heavy atom. The molecule has 0 aliphatic heterocycles. The van der Waals surface area contributed by atoms with Crippen molar-refractivity contribution in [3.05, 3.63) is 65.2 Å². The lowest BCUT2D eigenvalue weighted by atomic mass is 9.90. The smallest absolute Gasteiger partial charge is 0.273 e. The monoisotopic (exact) mass is 393 g/mol. The van der Waals surface area contributed by atoms with Gasteiger partial charge in [-0.05, 0) is 55.4 Å². The van der Waals surface area contributed by atoms with Gasteiger partial charge in [0.05, 0.1) is 6.42 Å². The Bertz CT molecular complexity index is 893. The fourth-order valence-electron chi connectivity index (χ4n) is 3.60. The van der Waals surface area contributed by atoms with E-state index in [2.05, 4.69) is 21.9 Å². The molecule has 6 nitrogen and oxygen atoms in total. The van der Waals surface area contributed by atoms with E-state index in [0.717, 1.165) is 30.5 Å². The molecule has 1 aliphatic rings. The van der Waals surface area contributed by atoms with Crippen LogP contribution in [-0.2, 0) is 27.2 Å². The summed E-state index contributed by atoms with van der Waals surface area (Å²) in [4.78, 5) is 24.8. The maximum atomic E-state index is 12.4. The molecule has 152 valence electrons. The predicted molar refractivity (Wildman–Crippen MR) is 114 cm³/mol. The molecule has 6 heteroatoms.